The molecule has 0 saturated heterocycles. The van der Waals surface area contributed by atoms with Crippen molar-refractivity contribution < 1.29 is 23.2 Å². The van der Waals surface area contributed by atoms with E-state index in [-0.39, 0.29) is 24.3 Å². The number of ether oxygens (including phenoxy) is 1. The summed E-state index contributed by atoms with van der Waals surface area (Å²) < 4.78 is 33.7. The number of halogens is 2. The van der Waals surface area contributed by atoms with Gasteiger partial charge in [0, 0.05) is 12.1 Å². The first kappa shape index (κ1) is 18.0. The molecule has 5 nitrogen and oxygen atoms in total. The summed E-state index contributed by atoms with van der Waals surface area (Å²) in [6.07, 6.45) is -2.95. The molecule has 0 aromatic heterocycles. The zero-order valence-electron chi connectivity index (χ0n) is 14.0. The van der Waals surface area contributed by atoms with Gasteiger partial charge in [-0.2, -0.15) is 0 Å². The molecule has 1 fully saturated rings. The number of nitrogens with zero attached hydrogens (tertiary/aromatic N) is 1. The Kier molecular flexibility index (Phi) is 4.48. The summed E-state index contributed by atoms with van der Waals surface area (Å²) in [4.78, 5) is 23.0. The maximum atomic E-state index is 14.3. The molecular weight excluding hydrogens is 344 g/mol. The number of benzene rings is 2. The largest absolute Gasteiger partial charge is 0.465 e. The highest BCUT2D eigenvalue weighted by Crippen LogP contribution is 2.69. The van der Waals surface area contributed by atoms with Gasteiger partial charge >= 0.3 is 5.97 Å². The van der Waals surface area contributed by atoms with E-state index in [2.05, 4.69) is 0 Å². The predicted molar refractivity (Wildman–Crippen MR) is 90.1 cm³/mol. The van der Waals surface area contributed by atoms with E-state index in [1.54, 1.807) is 37.3 Å². The number of non-ortho nitro benzene ring substituents is 1. The fraction of sp³-hybridized carbons (Fsp3) is 0.316. The van der Waals surface area contributed by atoms with E-state index in [9.17, 15) is 23.7 Å². The van der Waals surface area contributed by atoms with Gasteiger partial charge < -0.3 is 4.74 Å². The minimum atomic E-state index is -2.84. The molecule has 0 N–H and O–H groups in total. The second-order valence-electron chi connectivity index (χ2n) is 6.24. The quantitative estimate of drug-likeness (QED) is 0.443. The predicted octanol–water partition coefficient (Wildman–Crippen LogP) is 4.00. The van der Waals surface area contributed by atoms with Crippen molar-refractivity contribution in [3.8, 4) is 0 Å². The Morgan fingerprint density at radius 3 is 2.27 bits per heavy atom. The smallest absolute Gasteiger partial charge is 0.317 e. The van der Waals surface area contributed by atoms with Gasteiger partial charge in [0.1, 0.15) is 5.41 Å². The molecule has 3 rings (SSSR count). The second kappa shape index (κ2) is 6.48. The van der Waals surface area contributed by atoms with Crippen molar-refractivity contribution in [2.45, 2.75) is 30.6 Å². The number of hydrogen-bond acceptors (Lipinski definition) is 4. The molecule has 0 amide bonds. The van der Waals surface area contributed by atoms with Crippen LogP contribution in [-0.2, 0) is 20.4 Å². The summed E-state index contributed by atoms with van der Waals surface area (Å²) in [5, 5.41) is 10.8. The van der Waals surface area contributed by atoms with Crippen LogP contribution in [0.1, 0.15) is 24.5 Å². The van der Waals surface area contributed by atoms with Crippen molar-refractivity contribution in [2.75, 3.05) is 6.61 Å². The number of nitro benzene ring substituents is 1. The van der Waals surface area contributed by atoms with Crippen molar-refractivity contribution in [1.29, 1.82) is 0 Å². The highest BCUT2D eigenvalue weighted by Gasteiger charge is 2.78. The monoisotopic (exact) mass is 361 g/mol. The first-order chi connectivity index (χ1) is 12.4. The summed E-state index contributed by atoms with van der Waals surface area (Å²) in [5.41, 5.74) is -2.82. The maximum Gasteiger partial charge on any atom is 0.317 e. The summed E-state index contributed by atoms with van der Waals surface area (Å²) in [6, 6.07) is 13.3. The lowest BCUT2D eigenvalue weighted by Gasteiger charge is -2.25. The van der Waals surface area contributed by atoms with Crippen molar-refractivity contribution in [3.05, 3.63) is 75.8 Å². The molecule has 0 heterocycles. The zero-order chi connectivity index (χ0) is 18.9. The zero-order valence-corrected chi connectivity index (χ0v) is 14.0. The third-order valence-electron chi connectivity index (χ3n) is 5.04. The van der Waals surface area contributed by atoms with Gasteiger partial charge in [0.15, 0.2) is 0 Å². The third kappa shape index (κ3) is 2.46. The van der Waals surface area contributed by atoms with Crippen LogP contribution in [0.3, 0.4) is 0 Å². The Morgan fingerprint density at radius 1 is 1.15 bits per heavy atom. The van der Waals surface area contributed by atoms with Crippen LogP contribution in [0.4, 0.5) is 14.5 Å². The van der Waals surface area contributed by atoms with Gasteiger partial charge in [-0.3, -0.25) is 14.9 Å². The van der Waals surface area contributed by atoms with Gasteiger partial charge in [-0.25, -0.2) is 8.78 Å². The molecule has 0 bridgehead atoms. The Labute approximate surface area is 148 Å². The van der Waals surface area contributed by atoms with E-state index < -0.39 is 28.1 Å². The van der Waals surface area contributed by atoms with E-state index in [1.807, 2.05) is 0 Å². The molecule has 0 aliphatic heterocycles. The molecule has 2 aromatic rings. The molecule has 2 aromatic carbocycles. The average Bonchev–Trinajstić information content (AvgIpc) is 3.36. The number of carbonyl (C=O) groups is 1. The Bertz CT molecular complexity index is 825. The molecule has 0 unspecified atom stereocenters. The van der Waals surface area contributed by atoms with Crippen LogP contribution < -0.4 is 0 Å². The van der Waals surface area contributed by atoms with E-state index in [0.29, 0.717) is 5.56 Å². The summed E-state index contributed by atoms with van der Waals surface area (Å²) in [6.45, 7) is 1.70. The number of rotatable bonds is 6. The second-order valence-corrected chi connectivity index (χ2v) is 6.24. The van der Waals surface area contributed by atoms with Crippen molar-refractivity contribution in [1.82, 2.24) is 0 Å². The number of hydrogen-bond donors (Lipinski definition) is 0. The molecule has 2 atom stereocenters. The highest BCUT2D eigenvalue weighted by molar-refractivity contribution is 5.91. The van der Waals surface area contributed by atoms with Gasteiger partial charge in [-0.15, -0.1) is 0 Å². The lowest BCUT2D eigenvalue weighted by Crippen LogP contribution is -2.36. The summed E-state index contributed by atoms with van der Waals surface area (Å²) in [7, 11) is 0. The van der Waals surface area contributed by atoms with Gasteiger partial charge in [-0.05, 0) is 24.5 Å². The topological polar surface area (TPSA) is 69.4 Å². The van der Waals surface area contributed by atoms with Crippen molar-refractivity contribution >= 4 is 11.7 Å². The van der Waals surface area contributed by atoms with Gasteiger partial charge in [-0.1, -0.05) is 42.5 Å². The summed E-state index contributed by atoms with van der Waals surface area (Å²) in [5.74, 6) is -0.704. The molecule has 136 valence electrons. The molecule has 1 aliphatic rings. The number of nitro groups is 1. The number of carbonyl (C=O) groups excluding carboxylic acids is 1. The average molecular weight is 361 g/mol. The van der Waals surface area contributed by atoms with Crippen LogP contribution in [-0.4, -0.2) is 23.9 Å². The van der Waals surface area contributed by atoms with E-state index >= 15 is 0 Å². The molecule has 26 heavy (non-hydrogen) atoms. The number of alkyl halides is 2. The molecule has 0 radical (unpaired) electrons. The lowest BCUT2D eigenvalue weighted by molar-refractivity contribution is -0.384. The molecular formula is C19H17F2NO4. The Morgan fingerprint density at radius 2 is 1.77 bits per heavy atom. The van der Waals surface area contributed by atoms with E-state index in [0.717, 1.165) is 0 Å². The van der Waals surface area contributed by atoms with E-state index in [4.69, 9.17) is 4.74 Å². The molecule has 0 spiro atoms. The van der Waals surface area contributed by atoms with Crippen molar-refractivity contribution in [3.63, 3.8) is 0 Å². The fourth-order valence-corrected chi connectivity index (χ4v) is 3.70. The van der Waals surface area contributed by atoms with Crippen LogP contribution in [0.25, 0.3) is 0 Å². The maximum absolute atomic E-state index is 14.3. The third-order valence-corrected chi connectivity index (χ3v) is 5.04. The summed E-state index contributed by atoms with van der Waals surface area (Å²) >= 11 is 0. The Hall–Kier alpha value is -2.83. The van der Waals surface area contributed by atoms with Crippen molar-refractivity contribution in [2.24, 2.45) is 0 Å². The van der Waals surface area contributed by atoms with Crippen LogP contribution in [0, 0.1) is 10.1 Å². The Balaban J connectivity index is 2.14. The first-order valence-corrected chi connectivity index (χ1v) is 8.16. The van der Waals surface area contributed by atoms with Crippen LogP contribution in [0.15, 0.2) is 54.6 Å². The normalized spacial score (nSPS) is 24.3. The molecule has 7 heteroatoms. The number of esters is 1. The first-order valence-electron chi connectivity index (χ1n) is 8.16. The highest BCUT2D eigenvalue weighted by atomic mass is 19.3. The minimum Gasteiger partial charge on any atom is -0.465 e. The minimum absolute atomic E-state index is 0.0764. The fourth-order valence-electron chi connectivity index (χ4n) is 3.70. The standard InChI is InChI=1S/C19H17F2NO4/c1-2-26-17(23)19(13-6-4-3-5-7-13)12-18(19,16(20)21)14-8-10-15(11-9-14)22(24)25/h3-11,16H,2,12H2,1H3/t18-,19+/m0/s1. The van der Waals surface area contributed by atoms with Crippen LogP contribution >= 0.6 is 0 Å². The molecule has 1 saturated carbocycles. The van der Waals surface area contributed by atoms with Gasteiger partial charge in [0.2, 0.25) is 6.43 Å². The van der Waals surface area contributed by atoms with Gasteiger partial charge in [0.25, 0.3) is 5.69 Å². The van der Waals surface area contributed by atoms with Crippen LogP contribution in [0.2, 0.25) is 0 Å². The van der Waals surface area contributed by atoms with Crippen LogP contribution in [0.5, 0.6) is 0 Å². The SMILES string of the molecule is CCOC(=O)[C@]1(c2ccccc2)C[C@]1(c1ccc([N+](=O)[O-])cc1)C(F)F. The van der Waals surface area contributed by atoms with E-state index in [1.165, 1.54) is 24.3 Å². The van der Waals surface area contributed by atoms with Gasteiger partial charge in [0.05, 0.1) is 16.9 Å². The molecule has 1 aliphatic carbocycles. The lowest BCUT2D eigenvalue weighted by atomic mass is 9.81.